The Labute approximate surface area is 158 Å². The minimum Gasteiger partial charge on any atom is -0.481 e. The van der Waals surface area contributed by atoms with Gasteiger partial charge in [0, 0.05) is 38.4 Å². The number of amides is 1. The van der Waals surface area contributed by atoms with Gasteiger partial charge in [-0.25, -0.2) is 0 Å². The Morgan fingerprint density at radius 3 is 2.63 bits per heavy atom. The van der Waals surface area contributed by atoms with Gasteiger partial charge in [-0.1, -0.05) is 30.3 Å². The number of benzene rings is 1. The number of aromatic nitrogens is 2. The average molecular weight is 371 g/mol. The molecule has 1 fully saturated rings. The maximum Gasteiger partial charge on any atom is 0.314 e. The first-order valence-corrected chi connectivity index (χ1v) is 9.12. The summed E-state index contributed by atoms with van der Waals surface area (Å²) in [5.74, 6) is -1.16. The van der Waals surface area contributed by atoms with Gasteiger partial charge in [0.15, 0.2) is 0 Å². The van der Waals surface area contributed by atoms with Crippen LogP contribution >= 0.6 is 0 Å². The van der Waals surface area contributed by atoms with E-state index < -0.39 is 17.5 Å². The zero-order valence-corrected chi connectivity index (χ0v) is 15.4. The molecule has 2 aromatic rings. The van der Waals surface area contributed by atoms with Gasteiger partial charge in [0.2, 0.25) is 5.91 Å². The number of aliphatic hydroxyl groups excluding tert-OH is 1. The molecule has 0 saturated carbocycles. The molecule has 27 heavy (non-hydrogen) atoms. The number of carboxylic acids is 1. The summed E-state index contributed by atoms with van der Waals surface area (Å²) in [5, 5.41) is 24.6. The topological polar surface area (TPSA) is 95.7 Å². The van der Waals surface area contributed by atoms with E-state index >= 15 is 0 Å². The molecule has 0 radical (unpaired) electrons. The Bertz CT molecular complexity index is 805. The second-order valence-electron chi connectivity index (χ2n) is 7.19. The number of carbonyl (C=O) groups excluding carboxylic acids is 1. The van der Waals surface area contributed by atoms with Crippen molar-refractivity contribution in [1.82, 2.24) is 14.7 Å². The number of rotatable bonds is 6. The van der Waals surface area contributed by atoms with Crippen molar-refractivity contribution in [1.29, 1.82) is 0 Å². The van der Waals surface area contributed by atoms with Gasteiger partial charge >= 0.3 is 5.97 Å². The molecule has 7 nitrogen and oxygen atoms in total. The number of carbonyl (C=O) groups is 2. The monoisotopic (exact) mass is 371 g/mol. The molecule has 1 aromatic heterocycles. The van der Waals surface area contributed by atoms with E-state index in [1.165, 1.54) is 0 Å². The third-order valence-corrected chi connectivity index (χ3v) is 5.44. The fraction of sp³-hybridized carbons (Fsp3) is 0.450. The van der Waals surface area contributed by atoms with Crippen molar-refractivity contribution >= 4 is 11.9 Å². The van der Waals surface area contributed by atoms with Crippen LogP contribution in [-0.4, -0.2) is 56.0 Å². The van der Waals surface area contributed by atoms with Crippen LogP contribution in [0.2, 0.25) is 0 Å². The highest BCUT2D eigenvalue weighted by molar-refractivity contribution is 5.80. The zero-order valence-electron chi connectivity index (χ0n) is 15.4. The Morgan fingerprint density at radius 1 is 1.26 bits per heavy atom. The number of likely N-dealkylation sites (tertiary alicyclic amines) is 1. The van der Waals surface area contributed by atoms with E-state index in [0.717, 1.165) is 11.3 Å². The van der Waals surface area contributed by atoms with E-state index in [2.05, 4.69) is 5.10 Å². The second kappa shape index (κ2) is 7.92. The first-order chi connectivity index (χ1) is 12.9. The maximum atomic E-state index is 12.7. The number of nitrogens with zero attached hydrogens (tertiary/aromatic N) is 3. The SMILES string of the molecule is Cn1nccc1CCC(=O)N1CC[C@H](O)[C@@](Cc2ccccc2)(C(=O)O)C1. The molecule has 1 saturated heterocycles. The molecular formula is C20H25N3O4. The van der Waals surface area contributed by atoms with E-state index in [-0.39, 0.29) is 31.7 Å². The minimum atomic E-state index is -1.39. The third-order valence-electron chi connectivity index (χ3n) is 5.44. The van der Waals surface area contributed by atoms with Crippen LogP contribution in [0.5, 0.6) is 0 Å². The van der Waals surface area contributed by atoms with Crippen molar-refractivity contribution in [3.63, 3.8) is 0 Å². The Balaban J connectivity index is 1.73. The molecule has 144 valence electrons. The van der Waals surface area contributed by atoms with Crippen LogP contribution < -0.4 is 0 Å². The average Bonchev–Trinajstić information content (AvgIpc) is 3.07. The van der Waals surface area contributed by atoms with Gasteiger partial charge < -0.3 is 15.1 Å². The van der Waals surface area contributed by atoms with Gasteiger partial charge in [-0.15, -0.1) is 0 Å². The lowest BCUT2D eigenvalue weighted by molar-refractivity contribution is -0.165. The second-order valence-corrected chi connectivity index (χ2v) is 7.19. The number of piperidine rings is 1. The van der Waals surface area contributed by atoms with Crippen LogP contribution in [0.3, 0.4) is 0 Å². The molecule has 2 heterocycles. The molecule has 7 heteroatoms. The first-order valence-electron chi connectivity index (χ1n) is 9.12. The van der Waals surface area contributed by atoms with Crippen LogP contribution in [-0.2, 0) is 29.5 Å². The summed E-state index contributed by atoms with van der Waals surface area (Å²) < 4.78 is 1.73. The highest BCUT2D eigenvalue weighted by Crippen LogP contribution is 2.35. The van der Waals surface area contributed by atoms with Crippen LogP contribution in [0.4, 0.5) is 0 Å². The molecule has 0 spiro atoms. The zero-order chi connectivity index (χ0) is 19.4. The molecule has 0 unspecified atom stereocenters. The molecule has 1 aromatic carbocycles. The lowest BCUT2D eigenvalue weighted by Gasteiger charge is -2.43. The van der Waals surface area contributed by atoms with Crippen LogP contribution in [0.15, 0.2) is 42.6 Å². The summed E-state index contributed by atoms with van der Waals surface area (Å²) in [5.41, 5.74) is 0.402. The molecule has 1 aliphatic heterocycles. The van der Waals surface area contributed by atoms with Crippen molar-refractivity contribution in [2.75, 3.05) is 13.1 Å². The summed E-state index contributed by atoms with van der Waals surface area (Å²) in [6, 6.07) is 11.1. The molecule has 0 bridgehead atoms. The van der Waals surface area contributed by atoms with Gasteiger partial charge in [0.25, 0.3) is 0 Å². The van der Waals surface area contributed by atoms with E-state index in [9.17, 15) is 19.8 Å². The number of carboxylic acid groups (broad SMARTS) is 1. The van der Waals surface area contributed by atoms with Crippen LogP contribution in [0, 0.1) is 5.41 Å². The molecule has 2 N–H and O–H groups in total. The van der Waals surface area contributed by atoms with Crippen LogP contribution in [0.25, 0.3) is 0 Å². The highest BCUT2D eigenvalue weighted by atomic mass is 16.4. The smallest absolute Gasteiger partial charge is 0.314 e. The third kappa shape index (κ3) is 4.03. The summed E-state index contributed by atoms with van der Waals surface area (Å²) >= 11 is 0. The molecule has 1 amide bonds. The highest BCUT2D eigenvalue weighted by Gasteiger charge is 2.50. The van der Waals surface area contributed by atoms with Crippen molar-refractivity contribution in [3.05, 3.63) is 53.9 Å². The quantitative estimate of drug-likeness (QED) is 0.797. The van der Waals surface area contributed by atoms with Crippen LogP contribution in [0.1, 0.15) is 24.1 Å². The number of aliphatic hydroxyl groups is 1. The van der Waals surface area contributed by atoms with Crippen molar-refractivity contribution < 1.29 is 19.8 Å². The van der Waals surface area contributed by atoms with E-state index in [4.69, 9.17) is 0 Å². The Morgan fingerprint density at radius 2 is 2.00 bits per heavy atom. The largest absolute Gasteiger partial charge is 0.481 e. The fourth-order valence-corrected chi connectivity index (χ4v) is 3.75. The lowest BCUT2D eigenvalue weighted by atomic mass is 9.72. The molecular weight excluding hydrogens is 346 g/mol. The summed E-state index contributed by atoms with van der Waals surface area (Å²) in [4.78, 5) is 26.4. The Kier molecular flexibility index (Phi) is 5.60. The Hall–Kier alpha value is -2.67. The van der Waals surface area contributed by atoms with E-state index in [1.54, 1.807) is 15.8 Å². The van der Waals surface area contributed by atoms with E-state index in [1.807, 2.05) is 43.4 Å². The van der Waals surface area contributed by atoms with E-state index in [0.29, 0.717) is 13.0 Å². The number of hydrogen-bond donors (Lipinski definition) is 2. The summed E-state index contributed by atoms with van der Waals surface area (Å²) in [7, 11) is 1.83. The van der Waals surface area contributed by atoms with Crippen molar-refractivity contribution in [2.24, 2.45) is 12.5 Å². The summed E-state index contributed by atoms with van der Waals surface area (Å²) in [6.45, 7) is 0.387. The predicted molar refractivity (Wildman–Crippen MR) is 98.9 cm³/mol. The normalized spacial score (nSPS) is 22.6. The van der Waals surface area contributed by atoms with Crippen molar-refractivity contribution in [3.8, 4) is 0 Å². The molecule has 3 rings (SSSR count). The molecule has 2 atom stereocenters. The lowest BCUT2D eigenvalue weighted by Crippen LogP contribution is -2.58. The number of aryl methyl sites for hydroxylation is 2. The number of hydrogen-bond acceptors (Lipinski definition) is 4. The number of aliphatic carboxylic acids is 1. The maximum absolute atomic E-state index is 12.7. The predicted octanol–water partition coefficient (Wildman–Crippen LogP) is 1.26. The van der Waals surface area contributed by atoms with Crippen molar-refractivity contribution in [2.45, 2.75) is 31.8 Å². The fourth-order valence-electron chi connectivity index (χ4n) is 3.75. The van der Waals surface area contributed by atoms with Gasteiger partial charge in [-0.05, 0) is 30.9 Å². The standard InChI is InChI=1S/C20H25N3O4/c1-22-16(9-11-21-22)7-8-18(25)23-12-10-17(24)20(14-23,19(26)27)13-15-5-3-2-4-6-15/h2-6,9,11,17,24H,7-8,10,12-14H2,1H3,(H,26,27)/t17-,20-/m0/s1. The molecule has 0 aliphatic carbocycles. The van der Waals surface area contributed by atoms with Gasteiger partial charge in [-0.2, -0.15) is 5.10 Å². The molecule has 1 aliphatic rings. The van der Waals surface area contributed by atoms with Gasteiger partial charge in [0.1, 0.15) is 5.41 Å². The summed E-state index contributed by atoms with van der Waals surface area (Å²) in [6.07, 6.45) is 1.99. The van der Waals surface area contributed by atoms with Gasteiger partial charge in [0.05, 0.1) is 6.10 Å². The minimum absolute atomic E-state index is 0.0165. The first kappa shape index (κ1) is 19.1. The van der Waals surface area contributed by atoms with Gasteiger partial charge in [-0.3, -0.25) is 14.3 Å².